The minimum absolute atomic E-state index is 0.0981. The Hall–Kier alpha value is -1.70. The second-order valence-corrected chi connectivity index (χ2v) is 6.85. The highest BCUT2D eigenvalue weighted by Gasteiger charge is 2.19. The number of carbonyl (C=O) groups excluding carboxylic acids is 1. The second kappa shape index (κ2) is 8.41. The zero-order valence-electron chi connectivity index (χ0n) is 13.8. The van der Waals surface area contributed by atoms with Crippen molar-refractivity contribution in [2.45, 2.75) is 32.0 Å². The number of carbonyl (C=O) groups is 1. The van der Waals surface area contributed by atoms with E-state index in [1.807, 2.05) is 24.3 Å². The van der Waals surface area contributed by atoms with Gasteiger partial charge in [0.05, 0.1) is 22.9 Å². The summed E-state index contributed by atoms with van der Waals surface area (Å²) < 4.78 is 12.2. The zero-order valence-corrected chi connectivity index (χ0v) is 14.6. The highest BCUT2D eigenvalue weighted by Crippen LogP contribution is 2.24. The molecule has 2 aromatic rings. The number of thiazole rings is 1. The van der Waals surface area contributed by atoms with Gasteiger partial charge in [-0.05, 0) is 31.9 Å². The van der Waals surface area contributed by atoms with Gasteiger partial charge in [-0.1, -0.05) is 23.5 Å². The van der Waals surface area contributed by atoms with Crippen molar-refractivity contribution in [3.05, 3.63) is 24.3 Å². The number of rotatable bonds is 8. The Morgan fingerprint density at radius 1 is 1.46 bits per heavy atom. The van der Waals surface area contributed by atoms with E-state index in [1.165, 1.54) is 0 Å². The highest BCUT2D eigenvalue weighted by atomic mass is 32.1. The Kier molecular flexibility index (Phi) is 6.01. The number of aromatic nitrogens is 1. The van der Waals surface area contributed by atoms with Gasteiger partial charge in [-0.2, -0.15) is 0 Å². The van der Waals surface area contributed by atoms with E-state index in [1.54, 1.807) is 18.3 Å². The van der Waals surface area contributed by atoms with E-state index in [0.29, 0.717) is 19.7 Å². The van der Waals surface area contributed by atoms with Crippen molar-refractivity contribution < 1.29 is 14.3 Å². The van der Waals surface area contributed by atoms with Crippen LogP contribution in [0.5, 0.6) is 0 Å². The molecule has 0 radical (unpaired) electrons. The van der Waals surface area contributed by atoms with Crippen LogP contribution >= 0.6 is 11.3 Å². The minimum atomic E-state index is -0.461. The third-order valence-corrected chi connectivity index (χ3v) is 4.91. The van der Waals surface area contributed by atoms with E-state index in [0.717, 1.165) is 34.8 Å². The van der Waals surface area contributed by atoms with Gasteiger partial charge in [0.15, 0.2) is 5.13 Å². The topological polar surface area (TPSA) is 72.5 Å². The largest absolute Gasteiger partial charge is 0.376 e. The molecule has 1 aromatic carbocycles. The lowest BCUT2D eigenvalue weighted by Gasteiger charge is -2.16. The standard InChI is InChI=1S/C17H23N3O3S/c1-12(23-11-13-5-4-10-22-13)16(21)18-8-9-19-17-20-14-6-2-3-7-15(14)24-17/h2-3,6-7,12-13H,4-5,8-11H2,1H3,(H,18,21)(H,19,20)/t12-,13+/m1/s1. The molecule has 0 unspecified atom stereocenters. The van der Waals surface area contributed by atoms with E-state index in [9.17, 15) is 4.79 Å². The van der Waals surface area contributed by atoms with Crippen LogP contribution in [-0.2, 0) is 14.3 Å². The summed E-state index contributed by atoms with van der Waals surface area (Å²) in [6.45, 7) is 4.21. The zero-order chi connectivity index (χ0) is 16.8. The summed E-state index contributed by atoms with van der Waals surface area (Å²) in [5.74, 6) is -0.0981. The normalized spacial score (nSPS) is 18.6. The van der Waals surface area contributed by atoms with E-state index in [2.05, 4.69) is 15.6 Å². The van der Waals surface area contributed by atoms with E-state index < -0.39 is 6.10 Å². The van der Waals surface area contributed by atoms with Crippen LogP contribution in [0.25, 0.3) is 10.2 Å². The van der Waals surface area contributed by atoms with Crippen LogP contribution in [-0.4, -0.2) is 49.4 Å². The molecule has 24 heavy (non-hydrogen) atoms. The maximum Gasteiger partial charge on any atom is 0.248 e. The number of nitrogens with one attached hydrogen (secondary N) is 2. The van der Waals surface area contributed by atoms with Gasteiger partial charge in [-0.25, -0.2) is 4.98 Å². The first-order valence-corrected chi connectivity index (χ1v) is 9.14. The van der Waals surface area contributed by atoms with Crippen LogP contribution in [0.15, 0.2) is 24.3 Å². The van der Waals surface area contributed by atoms with Gasteiger partial charge in [0.25, 0.3) is 0 Å². The molecule has 1 saturated heterocycles. The second-order valence-electron chi connectivity index (χ2n) is 5.82. The van der Waals surface area contributed by atoms with Crippen molar-refractivity contribution in [3.63, 3.8) is 0 Å². The molecule has 3 rings (SSSR count). The molecule has 2 atom stereocenters. The highest BCUT2D eigenvalue weighted by molar-refractivity contribution is 7.22. The Balaban J connectivity index is 1.33. The van der Waals surface area contributed by atoms with Gasteiger partial charge >= 0.3 is 0 Å². The molecule has 2 heterocycles. The van der Waals surface area contributed by atoms with Crippen molar-refractivity contribution >= 4 is 32.6 Å². The monoisotopic (exact) mass is 349 g/mol. The Labute approximate surface area is 145 Å². The fourth-order valence-electron chi connectivity index (χ4n) is 2.55. The SMILES string of the molecule is C[C@@H](OC[C@@H]1CCCO1)C(=O)NCCNc1nc2ccccc2s1. The molecule has 0 saturated carbocycles. The molecule has 7 heteroatoms. The van der Waals surface area contributed by atoms with Crippen LogP contribution in [0, 0.1) is 0 Å². The Morgan fingerprint density at radius 2 is 2.33 bits per heavy atom. The lowest BCUT2D eigenvalue weighted by atomic mass is 10.2. The number of para-hydroxylation sites is 1. The average Bonchev–Trinajstić information content (AvgIpc) is 3.25. The van der Waals surface area contributed by atoms with E-state index in [-0.39, 0.29) is 12.0 Å². The number of hydrogen-bond acceptors (Lipinski definition) is 6. The van der Waals surface area contributed by atoms with E-state index in [4.69, 9.17) is 9.47 Å². The smallest absolute Gasteiger partial charge is 0.248 e. The van der Waals surface area contributed by atoms with Crippen molar-refractivity contribution in [2.75, 3.05) is 31.6 Å². The quantitative estimate of drug-likeness (QED) is 0.716. The first kappa shape index (κ1) is 17.1. The molecule has 0 bridgehead atoms. The molecular formula is C17H23N3O3S. The molecule has 1 amide bonds. The minimum Gasteiger partial charge on any atom is -0.376 e. The summed E-state index contributed by atoms with van der Waals surface area (Å²) >= 11 is 1.61. The van der Waals surface area contributed by atoms with Gasteiger partial charge in [-0.3, -0.25) is 4.79 Å². The molecule has 1 aromatic heterocycles. The van der Waals surface area contributed by atoms with Gasteiger partial charge in [-0.15, -0.1) is 0 Å². The molecule has 1 fully saturated rings. The summed E-state index contributed by atoms with van der Waals surface area (Å²) in [4.78, 5) is 16.5. The summed E-state index contributed by atoms with van der Waals surface area (Å²) in [6.07, 6.45) is 1.77. The number of hydrogen-bond donors (Lipinski definition) is 2. The van der Waals surface area contributed by atoms with Crippen LogP contribution in [0.3, 0.4) is 0 Å². The molecule has 130 valence electrons. The molecule has 0 aliphatic carbocycles. The summed E-state index contributed by atoms with van der Waals surface area (Å²) in [5.41, 5.74) is 0.991. The van der Waals surface area contributed by atoms with Crippen LogP contribution < -0.4 is 10.6 Å². The number of nitrogens with zero attached hydrogens (tertiary/aromatic N) is 1. The lowest BCUT2D eigenvalue weighted by molar-refractivity contribution is -0.133. The average molecular weight is 349 g/mol. The lowest BCUT2D eigenvalue weighted by Crippen LogP contribution is -2.38. The number of benzene rings is 1. The molecule has 6 nitrogen and oxygen atoms in total. The predicted octanol–water partition coefficient (Wildman–Crippen LogP) is 2.41. The molecule has 1 aliphatic heterocycles. The van der Waals surface area contributed by atoms with Gasteiger partial charge in [0.2, 0.25) is 5.91 Å². The Bertz CT molecular complexity index is 637. The summed E-state index contributed by atoms with van der Waals surface area (Å²) in [5, 5.41) is 6.98. The fourth-order valence-corrected chi connectivity index (χ4v) is 3.44. The van der Waals surface area contributed by atoms with Crippen molar-refractivity contribution in [1.82, 2.24) is 10.3 Å². The number of amides is 1. The number of fused-ring (bicyclic) bond motifs is 1. The summed E-state index contributed by atoms with van der Waals surface area (Å²) in [6, 6.07) is 8.02. The first-order chi connectivity index (χ1) is 11.7. The third kappa shape index (κ3) is 4.66. The predicted molar refractivity (Wildman–Crippen MR) is 95.5 cm³/mol. The van der Waals surface area contributed by atoms with Crippen LogP contribution in [0.4, 0.5) is 5.13 Å². The van der Waals surface area contributed by atoms with Gasteiger partial charge in [0.1, 0.15) is 6.10 Å². The van der Waals surface area contributed by atoms with Gasteiger partial charge in [0, 0.05) is 19.7 Å². The van der Waals surface area contributed by atoms with Gasteiger partial charge < -0.3 is 20.1 Å². The molecule has 1 aliphatic rings. The summed E-state index contributed by atoms with van der Waals surface area (Å²) in [7, 11) is 0. The van der Waals surface area contributed by atoms with E-state index >= 15 is 0 Å². The van der Waals surface area contributed by atoms with Crippen molar-refractivity contribution in [1.29, 1.82) is 0 Å². The molecular weight excluding hydrogens is 326 g/mol. The third-order valence-electron chi connectivity index (χ3n) is 3.92. The maximum atomic E-state index is 12.0. The van der Waals surface area contributed by atoms with Crippen molar-refractivity contribution in [2.24, 2.45) is 0 Å². The van der Waals surface area contributed by atoms with Crippen LogP contribution in [0.1, 0.15) is 19.8 Å². The fraction of sp³-hybridized carbons (Fsp3) is 0.529. The number of ether oxygens (including phenoxy) is 2. The molecule has 2 N–H and O–H groups in total. The maximum absolute atomic E-state index is 12.0. The van der Waals surface area contributed by atoms with Crippen molar-refractivity contribution in [3.8, 4) is 0 Å². The van der Waals surface area contributed by atoms with Crippen LogP contribution in [0.2, 0.25) is 0 Å². The first-order valence-electron chi connectivity index (χ1n) is 8.33. The molecule has 0 spiro atoms. The number of anilines is 1. The Morgan fingerprint density at radius 3 is 3.12 bits per heavy atom.